The van der Waals surface area contributed by atoms with Gasteiger partial charge in [0.05, 0.1) is 0 Å². The predicted molar refractivity (Wildman–Crippen MR) is 83.6 cm³/mol. The van der Waals surface area contributed by atoms with Gasteiger partial charge in [0, 0.05) is 43.5 Å². The third kappa shape index (κ3) is 2.31. The molecule has 4 heterocycles. The van der Waals surface area contributed by atoms with Crippen LogP contribution in [0.5, 0.6) is 0 Å². The highest BCUT2D eigenvalue weighted by Crippen LogP contribution is 2.29. The first-order chi connectivity index (χ1) is 10.7. The lowest BCUT2D eigenvalue weighted by Gasteiger charge is -2.25. The number of aromatic nitrogens is 4. The second kappa shape index (κ2) is 5.42. The second-order valence-corrected chi connectivity index (χ2v) is 5.76. The van der Waals surface area contributed by atoms with Crippen LogP contribution < -0.4 is 10.2 Å². The Morgan fingerprint density at radius 3 is 2.82 bits per heavy atom. The van der Waals surface area contributed by atoms with Crippen LogP contribution in [-0.4, -0.2) is 45.7 Å². The molecule has 0 spiro atoms. The van der Waals surface area contributed by atoms with Crippen molar-refractivity contribution in [3.63, 3.8) is 0 Å². The maximum Gasteiger partial charge on any atom is 0.279 e. The number of halogens is 2. The summed E-state index contributed by atoms with van der Waals surface area (Å²) in [6.07, 6.45) is 1.78. The number of nitrogens with zero attached hydrogens (tertiary/aromatic N) is 5. The molecule has 0 radical (unpaired) electrons. The van der Waals surface area contributed by atoms with E-state index in [1.165, 1.54) is 0 Å². The smallest absolute Gasteiger partial charge is 0.279 e. The molecule has 0 amide bonds. The molecule has 0 atom stereocenters. The highest BCUT2D eigenvalue weighted by atomic mass is 35.5. The van der Waals surface area contributed by atoms with E-state index in [1.54, 1.807) is 22.7 Å². The number of fused-ring (bicyclic) bond motifs is 1. The van der Waals surface area contributed by atoms with Crippen LogP contribution in [0.2, 0.25) is 10.2 Å². The maximum absolute atomic E-state index is 6.22. The molecule has 0 bridgehead atoms. The Morgan fingerprint density at radius 1 is 1.18 bits per heavy atom. The number of imidazole rings is 1. The molecule has 1 aliphatic heterocycles. The van der Waals surface area contributed by atoms with Gasteiger partial charge in [0.1, 0.15) is 5.65 Å². The van der Waals surface area contributed by atoms with Crippen LogP contribution in [-0.2, 0) is 0 Å². The predicted octanol–water partition coefficient (Wildman–Crippen LogP) is 2.10. The summed E-state index contributed by atoms with van der Waals surface area (Å²) >= 11 is 12.2. The number of rotatable bonds is 2. The molecule has 0 unspecified atom stereocenters. The molecule has 7 nitrogen and oxygen atoms in total. The third-order valence-corrected chi connectivity index (χ3v) is 4.06. The number of hydrogen-bond acceptors (Lipinski definition) is 6. The van der Waals surface area contributed by atoms with Gasteiger partial charge in [-0.15, -0.1) is 0 Å². The number of nitrogens with one attached hydrogen (secondary N) is 1. The molecule has 1 saturated heterocycles. The van der Waals surface area contributed by atoms with Crippen LogP contribution in [0.4, 0.5) is 5.95 Å². The first-order valence-corrected chi connectivity index (χ1v) is 7.61. The Morgan fingerprint density at radius 2 is 2.00 bits per heavy atom. The van der Waals surface area contributed by atoms with Crippen LogP contribution in [0, 0.1) is 0 Å². The molecule has 22 heavy (non-hydrogen) atoms. The molecule has 0 aromatic carbocycles. The van der Waals surface area contributed by atoms with Crippen molar-refractivity contribution in [2.75, 3.05) is 31.1 Å². The van der Waals surface area contributed by atoms with Gasteiger partial charge in [-0.25, -0.2) is 4.98 Å². The number of piperazine rings is 1. The summed E-state index contributed by atoms with van der Waals surface area (Å²) in [5.74, 6) is 0.907. The molecule has 1 fully saturated rings. The van der Waals surface area contributed by atoms with E-state index >= 15 is 0 Å². The lowest BCUT2D eigenvalue weighted by molar-refractivity contribution is 0.425. The van der Waals surface area contributed by atoms with Crippen LogP contribution in [0.25, 0.3) is 17.2 Å². The Kier molecular flexibility index (Phi) is 3.40. The van der Waals surface area contributed by atoms with Crippen molar-refractivity contribution in [1.29, 1.82) is 0 Å². The summed E-state index contributed by atoms with van der Waals surface area (Å²) in [6, 6.07) is 3.48. The van der Waals surface area contributed by atoms with E-state index < -0.39 is 0 Å². The van der Waals surface area contributed by atoms with E-state index in [1.807, 2.05) is 0 Å². The van der Waals surface area contributed by atoms with Crippen molar-refractivity contribution in [2.45, 2.75) is 0 Å². The molecular formula is C13H12Cl2N6O. The zero-order valence-electron chi connectivity index (χ0n) is 11.5. The van der Waals surface area contributed by atoms with Crippen molar-refractivity contribution in [1.82, 2.24) is 24.8 Å². The summed E-state index contributed by atoms with van der Waals surface area (Å²) < 4.78 is 7.16. The fourth-order valence-corrected chi connectivity index (χ4v) is 2.90. The quantitative estimate of drug-likeness (QED) is 0.771. The van der Waals surface area contributed by atoms with Gasteiger partial charge < -0.3 is 14.7 Å². The van der Waals surface area contributed by atoms with Crippen LogP contribution in [0.3, 0.4) is 0 Å². The third-order valence-electron chi connectivity index (χ3n) is 3.56. The second-order valence-electron chi connectivity index (χ2n) is 4.96. The van der Waals surface area contributed by atoms with E-state index in [0.717, 1.165) is 26.2 Å². The Labute approximate surface area is 135 Å². The van der Waals surface area contributed by atoms with Gasteiger partial charge in [0.25, 0.3) is 11.8 Å². The first-order valence-electron chi connectivity index (χ1n) is 6.85. The summed E-state index contributed by atoms with van der Waals surface area (Å²) in [5.41, 5.74) is 1.21. The van der Waals surface area contributed by atoms with Crippen LogP contribution >= 0.6 is 23.2 Å². The minimum Gasteiger partial charge on any atom is -0.336 e. The molecule has 1 N–H and O–H groups in total. The summed E-state index contributed by atoms with van der Waals surface area (Å²) in [6.45, 7) is 3.49. The van der Waals surface area contributed by atoms with E-state index in [4.69, 9.17) is 27.7 Å². The van der Waals surface area contributed by atoms with Gasteiger partial charge in [-0.3, -0.25) is 4.40 Å². The standard InChI is InChI=1S/C13H12Cl2N6O/c14-8-1-4-21-9(7-8)17-11(15)10(21)12-18-13(19-22-12)20-5-2-16-3-6-20/h1,4,7,16H,2-3,5-6H2. The van der Waals surface area contributed by atoms with E-state index in [9.17, 15) is 0 Å². The molecule has 114 valence electrons. The largest absolute Gasteiger partial charge is 0.336 e. The molecule has 3 aromatic rings. The molecular weight excluding hydrogens is 327 g/mol. The summed E-state index contributed by atoms with van der Waals surface area (Å²) in [5, 5.41) is 8.22. The molecule has 0 aliphatic carbocycles. The van der Waals surface area contributed by atoms with Crippen molar-refractivity contribution in [3.8, 4) is 11.6 Å². The fraction of sp³-hybridized carbons (Fsp3) is 0.308. The lowest BCUT2D eigenvalue weighted by Crippen LogP contribution is -2.44. The Hall–Kier alpha value is -1.83. The minimum absolute atomic E-state index is 0.303. The summed E-state index contributed by atoms with van der Waals surface area (Å²) in [7, 11) is 0. The maximum atomic E-state index is 6.22. The SMILES string of the molecule is Clc1ccn2c(-c3nc(N4CCNCC4)no3)c(Cl)nc2c1. The van der Waals surface area contributed by atoms with Crippen LogP contribution in [0.1, 0.15) is 0 Å². The normalized spacial score (nSPS) is 15.6. The topological polar surface area (TPSA) is 71.5 Å². The average molecular weight is 339 g/mol. The van der Waals surface area contributed by atoms with E-state index in [2.05, 4.69) is 25.3 Å². The lowest BCUT2D eigenvalue weighted by atomic mass is 10.4. The zero-order chi connectivity index (χ0) is 15.1. The highest BCUT2D eigenvalue weighted by Gasteiger charge is 2.22. The van der Waals surface area contributed by atoms with Gasteiger partial charge in [0.2, 0.25) is 0 Å². The fourth-order valence-electron chi connectivity index (χ4n) is 2.49. The van der Waals surface area contributed by atoms with Crippen LogP contribution in [0.15, 0.2) is 22.9 Å². The molecule has 4 rings (SSSR count). The van der Waals surface area contributed by atoms with Crippen molar-refractivity contribution >= 4 is 34.8 Å². The van der Waals surface area contributed by atoms with Crippen molar-refractivity contribution < 1.29 is 4.52 Å². The Balaban J connectivity index is 1.76. The highest BCUT2D eigenvalue weighted by molar-refractivity contribution is 6.32. The number of pyridine rings is 1. The first kappa shape index (κ1) is 13.8. The average Bonchev–Trinajstić information content (AvgIpc) is 3.11. The minimum atomic E-state index is 0.303. The number of anilines is 1. The van der Waals surface area contributed by atoms with Gasteiger partial charge in [-0.05, 0) is 11.2 Å². The molecule has 3 aromatic heterocycles. The van der Waals surface area contributed by atoms with Gasteiger partial charge in [-0.1, -0.05) is 23.2 Å². The van der Waals surface area contributed by atoms with Gasteiger partial charge in [-0.2, -0.15) is 4.98 Å². The summed E-state index contributed by atoms with van der Waals surface area (Å²) in [4.78, 5) is 10.8. The van der Waals surface area contributed by atoms with Gasteiger partial charge in [0.15, 0.2) is 10.8 Å². The van der Waals surface area contributed by atoms with E-state index in [0.29, 0.717) is 33.4 Å². The van der Waals surface area contributed by atoms with Crippen molar-refractivity contribution in [3.05, 3.63) is 28.5 Å². The van der Waals surface area contributed by atoms with Gasteiger partial charge >= 0.3 is 0 Å². The van der Waals surface area contributed by atoms with E-state index in [-0.39, 0.29) is 0 Å². The molecule has 1 aliphatic rings. The molecule has 9 heteroatoms. The molecule has 0 saturated carbocycles. The zero-order valence-corrected chi connectivity index (χ0v) is 13.0. The Bertz CT molecular complexity index is 823. The monoisotopic (exact) mass is 338 g/mol. The number of hydrogen-bond donors (Lipinski definition) is 1. The van der Waals surface area contributed by atoms with Crippen molar-refractivity contribution in [2.24, 2.45) is 0 Å².